The lowest BCUT2D eigenvalue weighted by Crippen LogP contribution is -2.21. The van der Waals surface area contributed by atoms with Crippen molar-refractivity contribution in [3.63, 3.8) is 0 Å². The summed E-state index contributed by atoms with van der Waals surface area (Å²) < 4.78 is 0.703. The molecule has 10 heavy (non-hydrogen) atoms. The number of hydrogen-bond donors (Lipinski definition) is 0. The van der Waals surface area contributed by atoms with Crippen LogP contribution < -0.4 is 0 Å². The molecule has 0 bridgehead atoms. The Balaban J connectivity index is 2.06. The molecule has 1 fully saturated rings. The molecule has 0 saturated carbocycles. The maximum absolute atomic E-state index is 2.38. The van der Waals surface area contributed by atoms with Gasteiger partial charge in [0.25, 0.3) is 0 Å². The zero-order valence-corrected chi connectivity index (χ0v) is 7.12. The van der Waals surface area contributed by atoms with Gasteiger partial charge in [-0.1, -0.05) is 12.2 Å². The van der Waals surface area contributed by atoms with Gasteiger partial charge < -0.3 is 0 Å². The minimum absolute atomic E-state index is 0.703. The summed E-state index contributed by atoms with van der Waals surface area (Å²) in [5, 5.41) is 0. The van der Waals surface area contributed by atoms with E-state index >= 15 is 0 Å². The van der Waals surface area contributed by atoms with Gasteiger partial charge in [0.05, 0.1) is 0 Å². The van der Waals surface area contributed by atoms with Gasteiger partial charge in [0.15, 0.2) is 0 Å². The van der Waals surface area contributed by atoms with Crippen molar-refractivity contribution in [3.05, 3.63) is 12.2 Å². The number of thioether (sulfide) groups is 1. The van der Waals surface area contributed by atoms with Crippen molar-refractivity contribution < 1.29 is 0 Å². The molecule has 0 amide bonds. The van der Waals surface area contributed by atoms with Crippen molar-refractivity contribution in [2.24, 2.45) is 0 Å². The minimum Gasteiger partial charge on any atom is -0.155 e. The van der Waals surface area contributed by atoms with E-state index in [9.17, 15) is 0 Å². The molecule has 0 aromatic carbocycles. The van der Waals surface area contributed by atoms with E-state index in [1.807, 2.05) is 0 Å². The van der Waals surface area contributed by atoms with E-state index < -0.39 is 0 Å². The molecule has 1 saturated heterocycles. The van der Waals surface area contributed by atoms with Crippen LogP contribution >= 0.6 is 11.8 Å². The molecule has 0 radical (unpaired) electrons. The summed E-state index contributed by atoms with van der Waals surface area (Å²) in [7, 11) is 0. The molecule has 1 atom stereocenters. The van der Waals surface area contributed by atoms with E-state index in [4.69, 9.17) is 0 Å². The Hall–Kier alpha value is 0.0900. The average molecular weight is 154 g/mol. The fraction of sp³-hybridized carbons (Fsp3) is 0.778. The van der Waals surface area contributed by atoms with Crippen LogP contribution in [-0.4, -0.2) is 10.5 Å². The van der Waals surface area contributed by atoms with Crippen LogP contribution in [0.15, 0.2) is 12.2 Å². The Kier molecular flexibility index (Phi) is 1.77. The molecule has 2 aliphatic rings. The molecule has 1 aliphatic heterocycles. The SMILES string of the molecule is C1=CCC2(CC1)CCCS2. The largest absolute Gasteiger partial charge is 0.155 e. The van der Waals surface area contributed by atoms with E-state index in [-0.39, 0.29) is 0 Å². The van der Waals surface area contributed by atoms with E-state index in [0.29, 0.717) is 4.75 Å². The van der Waals surface area contributed by atoms with Crippen LogP contribution in [0.1, 0.15) is 32.1 Å². The Labute approximate surface area is 67.1 Å². The van der Waals surface area contributed by atoms with Crippen molar-refractivity contribution in [1.29, 1.82) is 0 Å². The average Bonchev–Trinajstić information content (AvgIpc) is 2.39. The van der Waals surface area contributed by atoms with Gasteiger partial charge in [-0.05, 0) is 37.9 Å². The van der Waals surface area contributed by atoms with Crippen LogP contribution in [0.25, 0.3) is 0 Å². The third-order valence-corrected chi connectivity index (χ3v) is 4.29. The zero-order chi connectivity index (χ0) is 6.86. The van der Waals surface area contributed by atoms with E-state index in [0.717, 1.165) is 0 Å². The highest BCUT2D eigenvalue weighted by molar-refractivity contribution is 8.00. The van der Waals surface area contributed by atoms with Crippen molar-refractivity contribution in [3.8, 4) is 0 Å². The smallest absolute Gasteiger partial charge is 0.0197 e. The lowest BCUT2D eigenvalue weighted by atomic mass is 9.90. The fourth-order valence-corrected chi connectivity index (χ4v) is 3.46. The Bertz CT molecular complexity index is 143. The maximum Gasteiger partial charge on any atom is 0.0197 e. The standard InChI is InChI=1S/C9H14S/c1-2-5-9(6-3-1)7-4-8-10-9/h1-2H,3-8H2. The van der Waals surface area contributed by atoms with Gasteiger partial charge >= 0.3 is 0 Å². The van der Waals surface area contributed by atoms with Gasteiger partial charge in [-0.15, -0.1) is 0 Å². The topological polar surface area (TPSA) is 0 Å². The molecule has 1 aliphatic carbocycles. The van der Waals surface area contributed by atoms with Crippen molar-refractivity contribution in [2.45, 2.75) is 36.9 Å². The molecular weight excluding hydrogens is 140 g/mol. The maximum atomic E-state index is 2.38. The van der Waals surface area contributed by atoms with Gasteiger partial charge in [-0.3, -0.25) is 0 Å². The monoisotopic (exact) mass is 154 g/mol. The molecule has 1 spiro atoms. The first-order chi connectivity index (χ1) is 4.91. The third-order valence-electron chi connectivity index (χ3n) is 2.61. The lowest BCUT2D eigenvalue weighted by Gasteiger charge is -2.28. The highest BCUT2D eigenvalue weighted by Crippen LogP contribution is 2.46. The van der Waals surface area contributed by atoms with E-state index in [2.05, 4.69) is 23.9 Å². The summed E-state index contributed by atoms with van der Waals surface area (Å²) in [6.07, 6.45) is 11.8. The normalized spacial score (nSPS) is 39.2. The van der Waals surface area contributed by atoms with Gasteiger partial charge in [0, 0.05) is 4.75 Å². The van der Waals surface area contributed by atoms with Crippen LogP contribution in [0.4, 0.5) is 0 Å². The summed E-state index contributed by atoms with van der Waals surface area (Å²) in [5.74, 6) is 1.41. The van der Waals surface area contributed by atoms with Crippen molar-refractivity contribution >= 4 is 11.8 Å². The number of hydrogen-bond acceptors (Lipinski definition) is 1. The van der Waals surface area contributed by atoms with Crippen LogP contribution in [0.2, 0.25) is 0 Å². The Morgan fingerprint density at radius 1 is 1.20 bits per heavy atom. The highest BCUT2D eigenvalue weighted by Gasteiger charge is 2.33. The predicted molar refractivity (Wildman–Crippen MR) is 47.4 cm³/mol. The minimum atomic E-state index is 0.703. The first-order valence-electron chi connectivity index (χ1n) is 4.20. The zero-order valence-electron chi connectivity index (χ0n) is 6.31. The second-order valence-corrected chi connectivity index (χ2v) is 4.91. The summed E-state index contributed by atoms with van der Waals surface area (Å²) in [4.78, 5) is 0. The lowest BCUT2D eigenvalue weighted by molar-refractivity contribution is 0.512. The van der Waals surface area contributed by atoms with Gasteiger partial charge in [-0.2, -0.15) is 11.8 Å². The second kappa shape index (κ2) is 2.61. The molecule has 1 heteroatoms. The first-order valence-corrected chi connectivity index (χ1v) is 5.19. The summed E-state index contributed by atoms with van der Waals surface area (Å²) in [6, 6.07) is 0. The molecule has 0 nitrogen and oxygen atoms in total. The van der Waals surface area contributed by atoms with Crippen LogP contribution in [0.5, 0.6) is 0 Å². The summed E-state index contributed by atoms with van der Waals surface area (Å²) in [5.41, 5.74) is 0. The van der Waals surface area contributed by atoms with Crippen molar-refractivity contribution in [1.82, 2.24) is 0 Å². The van der Waals surface area contributed by atoms with Gasteiger partial charge in [0.2, 0.25) is 0 Å². The fourth-order valence-electron chi connectivity index (χ4n) is 1.98. The molecule has 1 unspecified atom stereocenters. The molecule has 2 rings (SSSR count). The van der Waals surface area contributed by atoms with Crippen LogP contribution in [-0.2, 0) is 0 Å². The van der Waals surface area contributed by atoms with Gasteiger partial charge in [-0.25, -0.2) is 0 Å². The number of allylic oxidation sites excluding steroid dienone is 2. The second-order valence-electron chi connectivity index (χ2n) is 3.35. The van der Waals surface area contributed by atoms with Gasteiger partial charge in [0.1, 0.15) is 0 Å². The summed E-state index contributed by atoms with van der Waals surface area (Å²) in [6.45, 7) is 0. The molecule has 56 valence electrons. The molecule has 1 heterocycles. The van der Waals surface area contributed by atoms with Crippen LogP contribution in [0.3, 0.4) is 0 Å². The highest BCUT2D eigenvalue weighted by atomic mass is 32.2. The summed E-state index contributed by atoms with van der Waals surface area (Å²) >= 11 is 2.21. The molecule has 0 aromatic rings. The third kappa shape index (κ3) is 1.12. The predicted octanol–water partition coefficient (Wildman–Crippen LogP) is 2.99. The van der Waals surface area contributed by atoms with E-state index in [1.54, 1.807) is 0 Å². The molecular formula is C9H14S. The van der Waals surface area contributed by atoms with Crippen molar-refractivity contribution in [2.75, 3.05) is 5.75 Å². The Morgan fingerprint density at radius 2 is 2.20 bits per heavy atom. The molecule has 0 N–H and O–H groups in total. The molecule has 0 aromatic heterocycles. The van der Waals surface area contributed by atoms with Crippen LogP contribution in [0, 0.1) is 0 Å². The van der Waals surface area contributed by atoms with E-state index in [1.165, 1.54) is 37.9 Å². The Morgan fingerprint density at radius 3 is 2.80 bits per heavy atom. The first kappa shape index (κ1) is 6.78. The number of rotatable bonds is 0. The quantitative estimate of drug-likeness (QED) is 0.483.